The molecule has 0 aromatic heterocycles. The summed E-state index contributed by atoms with van der Waals surface area (Å²) in [6.07, 6.45) is 0. The molecule has 0 aliphatic rings. The lowest BCUT2D eigenvalue weighted by molar-refractivity contribution is -0.119. The molecule has 0 rings (SSSR count). The topological polar surface area (TPSA) is 55.4 Å². The molecule has 0 unspecified atom stereocenters. The van der Waals surface area contributed by atoms with E-state index < -0.39 is 0 Å². The minimum absolute atomic E-state index is 0.222. The fourth-order valence-electron chi connectivity index (χ4n) is 0.629. The summed E-state index contributed by atoms with van der Waals surface area (Å²) in [7, 11) is 0. The molecule has 1 amide bonds. The Morgan fingerprint density at radius 2 is 2.11 bits per heavy atom. The monoisotopic (exact) mass is 150 g/mol. The minimum Gasteiger partial charge on any atom is -0.368 e. The predicted octanol–water partition coefficient (Wildman–Crippen LogP) is -0.844. The summed E-state index contributed by atoms with van der Waals surface area (Å²) in [4.78, 5) is 10.5. The summed E-state index contributed by atoms with van der Waals surface area (Å²) in [5.41, 5.74) is 5.02. The molecule has 1 atom stereocenters. The highest BCUT2D eigenvalue weighted by atomic mass is 32.1. The van der Waals surface area contributed by atoms with Crippen LogP contribution in [-0.2, 0) is 17.2 Å². The Labute approximate surface area is 59.8 Å². The fraction of sp³-hybridized carbons (Fsp3) is 0.800. The molecule has 2 N–H and O–H groups in total. The molecule has 0 bridgehead atoms. The summed E-state index contributed by atoms with van der Waals surface area (Å²) < 4.78 is 3.84. The maximum Gasteiger partial charge on any atom is 0.243 e. The number of primary amides is 1. The van der Waals surface area contributed by atoms with E-state index in [0.29, 0.717) is 0 Å². The van der Waals surface area contributed by atoms with E-state index in [0.717, 1.165) is 0 Å². The van der Waals surface area contributed by atoms with Gasteiger partial charge >= 0.3 is 0 Å². The van der Waals surface area contributed by atoms with Gasteiger partial charge in [0.05, 0.1) is 0 Å². The number of carbonyl (C=O) groups excluding carboxylic acids is 1. The van der Waals surface area contributed by atoms with Crippen LogP contribution in [0.1, 0.15) is 13.8 Å². The molecular formula is C5H14N2OS. The van der Waals surface area contributed by atoms with Crippen LogP contribution in [0.2, 0.25) is 0 Å². The number of nitrogens with zero attached hydrogens (tertiary/aromatic N) is 1. The third kappa shape index (κ3) is 2.60. The zero-order chi connectivity index (χ0) is 7.44. The maximum atomic E-state index is 10.5. The van der Waals surface area contributed by atoms with E-state index >= 15 is 0 Å². The molecule has 0 aromatic carbocycles. The van der Waals surface area contributed by atoms with Crippen LogP contribution in [0.5, 0.6) is 0 Å². The van der Waals surface area contributed by atoms with Gasteiger partial charge in [-0.3, -0.25) is 9.16 Å². The predicted molar refractivity (Wildman–Crippen MR) is 43.2 cm³/mol. The molecule has 3 nitrogen and oxygen atoms in total. The highest BCUT2D eigenvalue weighted by Gasteiger charge is 2.15. The van der Waals surface area contributed by atoms with Crippen LogP contribution in [0.4, 0.5) is 0 Å². The second kappa shape index (κ2) is 3.61. The summed E-state index contributed by atoms with van der Waals surface area (Å²) in [5.74, 6) is -0.111. The molecule has 0 saturated heterocycles. The van der Waals surface area contributed by atoms with Crippen LogP contribution >= 0.6 is 0 Å². The van der Waals surface area contributed by atoms with Crippen LogP contribution < -0.4 is 5.73 Å². The summed E-state index contributed by atoms with van der Waals surface area (Å²) in [6, 6.07) is -0.302. The van der Waals surface area contributed by atoms with Crippen molar-refractivity contribution in [3.8, 4) is 0 Å². The van der Waals surface area contributed by atoms with Gasteiger partial charge < -0.3 is 5.73 Å². The molecule has 0 spiro atoms. The molecule has 0 saturated carbocycles. The first-order valence-corrected chi connectivity index (χ1v) is 3.48. The highest BCUT2D eigenvalue weighted by molar-refractivity contribution is 7.47. The van der Waals surface area contributed by atoms with E-state index in [4.69, 9.17) is 5.73 Å². The van der Waals surface area contributed by atoms with Gasteiger partial charge in [-0.1, -0.05) is 13.8 Å². The van der Waals surface area contributed by atoms with Gasteiger partial charge in [0.1, 0.15) is 6.04 Å². The molecular weight excluding hydrogens is 136 g/mol. The lowest BCUT2D eigenvalue weighted by Gasteiger charge is -2.09. The first-order valence-electron chi connectivity index (χ1n) is 2.84. The normalized spacial score (nSPS) is 13.4. The number of nitrogens with two attached hydrogens (primary N) is 1. The Kier molecular flexibility index (Phi) is 3.46. The number of carbonyl (C=O) groups is 1. The lowest BCUT2D eigenvalue weighted by Crippen LogP contribution is -2.30. The van der Waals surface area contributed by atoms with Crippen molar-refractivity contribution < 1.29 is 4.79 Å². The summed E-state index contributed by atoms with van der Waals surface area (Å²) >= 11 is 1.42. The van der Waals surface area contributed by atoms with Crippen molar-refractivity contribution in [2.45, 2.75) is 19.9 Å². The van der Waals surface area contributed by atoms with Gasteiger partial charge in [-0.25, -0.2) is 12.4 Å². The van der Waals surface area contributed by atoms with Crippen molar-refractivity contribution in [3.05, 3.63) is 0 Å². The zero-order valence-corrected chi connectivity index (χ0v) is 7.21. The van der Waals surface area contributed by atoms with E-state index in [1.807, 2.05) is 13.8 Å². The van der Waals surface area contributed by atoms with Crippen molar-refractivity contribution in [2.75, 3.05) is 0 Å². The van der Waals surface area contributed by atoms with Crippen molar-refractivity contribution in [1.82, 2.24) is 0 Å². The maximum absolute atomic E-state index is 10.5. The Balaban J connectivity index is 3.98. The largest absolute Gasteiger partial charge is 0.368 e. The van der Waals surface area contributed by atoms with Crippen molar-refractivity contribution in [2.24, 2.45) is 16.0 Å². The molecule has 0 aliphatic carbocycles. The van der Waals surface area contributed by atoms with Gasteiger partial charge in [-0.15, -0.1) is 0 Å². The average molecular weight is 150 g/mol. The van der Waals surface area contributed by atoms with E-state index in [1.165, 1.54) is 12.4 Å². The molecule has 56 valence electrons. The standard InChI is InChI=1S/C5H14N2OS/c1-3(2)4(7-9)5(6)8/h3-4H,1-2H3,9H4,(H2,6,8)/t4-/m0/s1. The van der Waals surface area contributed by atoms with E-state index in [1.54, 1.807) is 0 Å². The zero-order valence-electron chi connectivity index (χ0n) is 5.79. The lowest BCUT2D eigenvalue weighted by atomic mass is 10.1. The molecule has 0 aliphatic heterocycles. The van der Waals surface area contributed by atoms with E-state index in [-0.39, 0.29) is 17.9 Å². The summed E-state index contributed by atoms with van der Waals surface area (Å²) in [6.45, 7) is 3.85. The van der Waals surface area contributed by atoms with Crippen molar-refractivity contribution >= 4 is 18.3 Å². The molecule has 0 radical (unpaired) electrons. The Bertz CT molecular complexity index is 124. The second-order valence-corrected chi connectivity index (χ2v) is 2.64. The quantitative estimate of drug-likeness (QED) is 0.560. The third-order valence-electron chi connectivity index (χ3n) is 1.12. The molecule has 0 heterocycles. The van der Waals surface area contributed by atoms with E-state index in [2.05, 4.69) is 4.36 Å². The van der Waals surface area contributed by atoms with Crippen LogP contribution in [0.25, 0.3) is 0 Å². The molecule has 0 aromatic rings. The van der Waals surface area contributed by atoms with Gasteiger partial charge in [0.25, 0.3) is 0 Å². The Hall–Kier alpha value is -0.380. The number of hydrogen-bond donors (Lipinski definition) is 1. The summed E-state index contributed by atoms with van der Waals surface area (Å²) in [5, 5.41) is 0. The average Bonchev–Trinajstić information content (AvgIpc) is 1.64. The smallest absolute Gasteiger partial charge is 0.243 e. The fourth-order valence-corrected chi connectivity index (χ4v) is 1.23. The highest BCUT2D eigenvalue weighted by Crippen LogP contribution is 2.03. The van der Waals surface area contributed by atoms with Crippen LogP contribution in [-0.4, -0.2) is 11.9 Å². The molecule has 9 heavy (non-hydrogen) atoms. The van der Waals surface area contributed by atoms with Gasteiger partial charge in [-0.05, 0) is 5.92 Å². The van der Waals surface area contributed by atoms with Crippen molar-refractivity contribution in [3.63, 3.8) is 0 Å². The van der Waals surface area contributed by atoms with Crippen LogP contribution in [0, 0.1) is 5.92 Å². The van der Waals surface area contributed by atoms with Crippen LogP contribution in [0.15, 0.2) is 4.36 Å². The third-order valence-corrected chi connectivity index (χ3v) is 1.51. The van der Waals surface area contributed by atoms with Gasteiger partial charge in [-0.2, -0.15) is 0 Å². The van der Waals surface area contributed by atoms with E-state index in [9.17, 15) is 4.79 Å². The van der Waals surface area contributed by atoms with Crippen molar-refractivity contribution in [1.29, 1.82) is 0 Å². The molecule has 4 heteroatoms. The van der Waals surface area contributed by atoms with Gasteiger partial charge in [0.15, 0.2) is 0 Å². The van der Waals surface area contributed by atoms with Crippen LogP contribution in [0.3, 0.4) is 0 Å². The molecule has 0 fully saturated rings. The second-order valence-electron chi connectivity index (χ2n) is 2.27. The SMILES string of the molecule is CC(C)[C@H](N=[SH4])C(N)=O. The van der Waals surface area contributed by atoms with Gasteiger partial charge in [0.2, 0.25) is 5.91 Å². The first-order chi connectivity index (χ1) is 4.09. The number of amides is 1. The number of hydrogen-bond acceptors (Lipinski definition) is 2. The number of rotatable bonds is 3. The minimum atomic E-state index is -0.333. The first kappa shape index (κ1) is 8.62. The Morgan fingerprint density at radius 1 is 1.67 bits per heavy atom. The van der Waals surface area contributed by atoms with Gasteiger partial charge in [0, 0.05) is 0 Å². The Morgan fingerprint density at radius 3 is 2.11 bits per heavy atom.